The molecule has 2 heterocycles. The fourth-order valence-corrected chi connectivity index (χ4v) is 3.28. The maximum absolute atomic E-state index is 12.6. The molecule has 1 fully saturated rings. The van der Waals surface area contributed by atoms with Crippen molar-refractivity contribution >= 4 is 17.2 Å². The number of hydrogen-bond donors (Lipinski definition) is 1. The van der Waals surface area contributed by atoms with Crippen molar-refractivity contribution in [2.24, 2.45) is 0 Å². The normalized spacial score (nSPS) is 19.4. The number of carbonyl (C=O) groups excluding carboxylic acids is 1. The number of thiophene rings is 1. The zero-order chi connectivity index (χ0) is 13.1. The van der Waals surface area contributed by atoms with Crippen molar-refractivity contribution in [1.29, 1.82) is 0 Å². The third-order valence-electron chi connectivity index (χ3n) is 3.52. The summed E-state index contributed by atoms with van der Waals surface area (Å²) in [7, 11) is 0. The van der Waals surface area contributed by atoms with Crippen LogP contribution >= 0.6 is 11.3 Å². The molecule has 1 N–H and O–H groups in total. The average molecular weight is 266 g/mol. The van der Waals surface area contributed by atoms with Gasteiger partial charge in [-0.2, -0.15) is 0 Å². The fourth-order valence-electron chi connectivity index (χ4n) is 2.40. The minimum Gasteiger partial charge on any atom is -0.334 e. The van der Waals surface area contributed by atoms with Gasteiger partial charge in [0.1, 0.15) is 0 Å². The van der Waals surface area contributed by atoms with Gasteiger partial charge in [0.05, 0.1) is 4.88 Å². The van der Waals surface area contributed by atoms with Gasteiger partial charge in [-0.05, 0) is 57.2 Å². The number of hydrogen-bond acceptors (Lipinski definition) is 3. The van der Waals surface area contributed by atoms with Crippen molar-refractivity contribution < 1.29 is 4.79 Å². The van der Waals surface area contributed by atoms with E-state index in [9.17, 15) is 4.79 Å². The predicted octanol–water partition coefficient (Wildman–Crippen LogP) is 2.66. The Hall–Kier alpha value is -0.870. The first-order chi connectivity index (χ1) is 8.59. The highest BCUT2D eigenvalue weighted by molar-refractivity contribution is 7.12. The molecule has 1 aliphatic heterocycles. The molecule has 1 unspecified atom stereocenters. The Morgan fingerprint density at radius 3 is 2.89 bits per heavy atom. The third-order valence-corrected chi connectivity index (χ3v) is 4.52. The Labute approximate surface area is 113 Å². The van der Waals surface area contributed by atoms with Crippen molar-refractivity contribution in [1.82, 2.24) is 10.2 Å². The Morgan fingerprint density at radius 1 is 1.61 bits per heavy atom. The summed E-state index contributed by atoms with van der Waals surface area (Å²) in [5.74, 6) is 0.186. The Bertz CT molecular complexity index is 408. The second-order valence-corrected chi connectivity index (χ2v) is 6.19. The van der Waals surface area contributed by atoms with Gasteiger partial charge in [-0.25, -0.2) is 0 Å². The highest BCUT2D eigenvalue weighted by Gasteiger charge is 2.25. The van der Waals surface area contributed by atoms with Crippen LogP contribution in [0.4, 0.5) is 0 Å². The van der Waals surface area contributed by atoms with E-state index in [1.165, 1.54) is 12.8 Å². The SMILES string of the molecule is Cc1ccsc1C(=O)N(CC1CCCN1)C(C)C. The lowest BCUT2D eigenvalue weighted by Gasteiger charge is -2.29. The second-order valence-electron chi connectivity index (χ2n) is 5.28. The molecule has 1 amide bonds. The molecule has 1 aromatic rings. The first-order valence-corrected chi connectivity index (χ1v) is 7.56. The van der Waals surface area contributed by atoms with Crippen LogP contribution in [0.25, 0.3) is 0 Å². The van der Waals surface area contributed by atoms with Crippen molar-refractivity contribution in [3.63, 3.8) is 0 Å². The fraction of sp³-hybridized carbons (Fsp3) is 0.643. The van der Waals surface area contributed by atoms with Gasteiger partial charge in [0.25, 0.3) is 5.91 Å². The molecule has 1 aromatic heterocycles. The quantitative estimate of drug-likeness (QED) is 0.908. The summed E-state index contributed by atoms with van der Waals surface area (Å²) in [5, 5.41) is 5.46. The first kappa shape index (κ1) is 13.6. The Morgan fingerprint density at radius 2 is 2.39 bits per heavy atom. The van der Waals surface area contributed by atoms with Crippen LogP contribution in [0.1, 0.15) is 41.9 Å². The van der Waals surface area contributed by atoms with E-state index in [1.54, 1.807) is 11.3 Å². The van der Waals surface area contributed by atoms with Gasteiger partial charge in [0, 0.05) is 18.6 Å². The van der Waals surface area contributed by atoms with E-state index >= 15 is 0 Å². The first-order valence-electron chi connectivity index (χ1n) is 6.68. The number of amides is 1. The minimum absolute atomic E-state index is 0.186. The summed E-state index contributed by atoms with van der Waals surface area (Å²) in [4.78, 5) is 15.5. The van der Waals surface area contributed by atoms with Crippen LogP contribution in [0, 0.1) is 6.92 Å². The van der Waals surface area contributed by atoms with Gasteiger partial charge >= 0.3 is 0 Å². The molecular formula is C14H22N2OS. The summed E-state index contributed by atoms with van der Waals surface area (Å²) >= 11 is 1.55. The Kier molecular flexibility index (Phi) is 4.40. The van der Waals surface area contributed by atoms with Crippen LogP contribution in [0.5, 0.6) is 0 Å². The third kappa shape index (κ3) is 2.93. The van der Waals surface area contributed by atoms with Gasteiger partial charge < -0.3 is 10.2 Å². The molecular weight excluding hydrogens is 244 g/mol. The van der Waals surface area contributed by atoms with Crippen LogP contribution in [-0.2, 0) is 0 Å². The average Bonchev–Trinajstić information content (AvgIpc) is 2.95. The topological polar surface area (TPSA) is 32.3 Å². The molecule has 0 bridgehead atoms. The van der Waals surface area contributed by atoms with E-state index in [0.717, 1.165) is 23.5 Å². The number of aryl methyl sites for hydroxylation is 1. The molecule has 3 nitrogen and oxygen atoms in total. The molecule has 0 aromatic carbocycles. The molecule has 4 heteroatoms. The number of rotatable bonds is 4. The van der Waals surface area contributed by atoms with Crippen LogP contribution < -0.4 is 5.32 Å². The molecule has 0 saturated carbocycles. The van der Waals surface area contributed by atoms with E-state index in [-0.39, 0.29) is 11.9 Å². The lowest BCUT2D eigenvalue weighted by atomic mass is 10.1. The molecule has 0 radical (unpaired) electrons. The van der Waals surface area contributed by atoms with E-state index in [0.29, 0.717) is 6.04 Å². The smallest absolute Gasteiger partial charge is 0.264 e. The summed E-state index contributed by atoms with van der Waals surface area (Å²) in [6, 6.07) is 2.74. The van der Waals surface area contributed by atoms with Crippen molar-refractivity contribution in [2.75, 3.05) is 13.1 Å². The van der Waals surface area contributed by atoms with Crippen LogP contribution in [0.3, 0.4) is 0 Å². The molecule has 1 aliphatic rings. The number of nitrogens with one attached hydrogen (secondary N) is 1. The van der Waals surface area contributed by atoms with Crippen LogP contribution in [-0.4, -0.2) is 36.0 Å². The molecule has 1 saturated heterocycles. The van der Waals surface area contributed by atoms with Gasteiger partial charge in [0.15, 0.2) is 0 Å². The lowest BCUT2D eigenvalue weighted by Crippen LogP contribution is -2.44. The maximum Gasteiger partial charge on any atom is 0.264 e. The molecule has 2 rings (SSSR count). The molecule has 18 heavy (non-hydrogen) atoms. The van der Waals surface area contributed by atoms with Crippen molar-refractivity contribution in [2.45, 2.75) is 45.7 Å². The lowest BCUT2D eigenvalue weighted by molar-refractivity contribution is 0.0693. The largest absolute Gasteiger partial charge is 0.334 e. The van der Waals surface area contributed by atoms with E-state index in [2.05, 4.69) is 19.2 Å². The maximum atomic E-state index is 12.6. The minimum atomic E-state index is 0.186. The van der Waals surface area contributed by atoms with Crippen LogP contribution in [0.15, 0.2) is 11.4 Å². The summed E-state index contributed by atoms with van der Waals surface area (Å²) < 4.78 is 0. The molecule has 1 atom stereocenters. The number of carbonyl (C=O) groups is 1. The standard InChI is InChI=1S/C14H22N2OS/c1-10(2)16(9-12-5-4-7-15-12)14(17)13-11(3)6-8-18-13/h6,8,10,12,15H,4-5,7,9H2,1-3H3. The number of nitrogens with zero attached hydrogens (tertiary/aromatic N) is 1. The second kappa shape index (κ2) is 5.85. The molecule has 0 aliphatic carbocycles. The van der Waals surface area contributed by atoms with Crippen molar-refractivity contribution in [3.8, 4) is 0 Å². The van der Waals surface area contributed by atoms with Crippen LogP contribution in [0.2, 0.25) is 0 Å². The van der Waals surface area contributed by atoms with Gasteiger partial charge in [0.2, 0.25) is 0 Å². The van der Waals surface area contributed by atoms with E-state index in [4.69, 9.17) is 0 Å². The predicted molar refractivity (Wildman–Crippen MR) is 76.3 cm³/mol. The van der Waals surface area contributed by atoms with Gasteiger partial charge in [-0.1, -0.05) is 0 Å². The monoisotopic (exact) mass is 266 g/mol. The highest BCUT2D eigenvalue weighted by Crippen LogP contribution is 2.20. The van der Waals surface area contributed by atoms with E-state index < -0.39 is 0 Å². The summed E-state index contributed by atoms with van der Waals surface area (Å²) in [5.41, 5.74) is 1.09. The van der Waals surface area contributed by atoms with E-state index in [1.807, 2.05) is 23.3 Å². The summed E-state index contributed by atoms with van der Waals surface area (Å²) in [6.07, 6.45) is 2.41. The zero-order valence-electron chi connectivity index (χ0n) is 11.4. The van der Waals surface area contributed by atoms with Gasteiger partial charge in [-0.15, -0.1) is 11.3 Å². The van der Waals surface area contributed by atoms with Gasteiger partial charge in [-0.3, -0.25) is 4.79 Å². The zero-order valence-corrected chi connectivity index (χ0v) is 12.2. The summed E-state index contributed by atoms with van der Waals surface area (Å²) in [6.45, 7) is 8.11. The molecule has 0 spiro atoms. The highest BCUT2D eigenvalue weighted by atomic mass is 32.1. The molecule has 100 valence electrons. The van der Waals surface area contributed by atoms with Crippen molar-refractivity contribution in [3.05, 3.63) is 21.9 Å². The Balaban J connectivity index is 2.09.